The molecular weight excluding hydrogens is 346 g/mol. The number of hydrogen-bond donors (Lipinski definition) is 0. The number of likely N-dealkylation sites (tertiary alicyclic amines) is 1. The van der Waals surface area contributed by atoms with Gasteiger partial charge < -0.3 is 19.3 Å². The molecule has 27 heavy (non-hydrogen) atoms. The van der Waals surface area contributed by atoms with Crippen LogP contribution in [0.15, 0.2) is 36.5 Å². The molecule has 7 heteroatoms. The van der Waals surface area contributed by atoms with Crippen molar-refractivity contribution in [3.8, 4) is 0 Å². The monoisotopic (exact) mass is 371 g/mol. The molecule has 3 aliphatic rings. The second-order valence-corrected chi connectivity index (χ2v) is 7.37. The molecule has 4 rings (SSSR count). The van der Waals surface area contributed by atoms with Crippen molar-refractivity contribution in [2.24, 2.45) is 11.8 Å². The molecule has 144 valence electrons. The van der Waals surface area contributed by atoms with Crippen LogP contribution < -0.4 is 0 Å². The molecule has 2 fully saturated rings. The van der Waals surface area contributed by atoms with Gasteiger partial charge >= 0.3 is 0 Å². The fraction of sp³-hybridized carbons (Fsp3) is 0.550. The number of fused-ring (bicyclic) bond motifs is 1. The highest BCUT2D eigenvalue weighted by atomic mass is 16.5. The Balaban J connectivity index is 1.49. The third-order valence-electron chi connectivity index (χ3n) is 5.68. The quantitative estimate of drug-likeness (QED) is 0.525. The van der Waals surface area contributed by atoms with Gasteiger partial charge in [0.15, 0.2) is 0 Å². The first-order chi connectivity index (χ1) is 13.1. The summed E-state index contributed by atoms with van der Waals surface area (Å²) in [6.07, 6.45) is 5.30. The molecule has 2 bridgehead atoms. The first-order valence-corrected chi connectivity index (χ1v) is 9.44. The minimum absolute atomic E-state index is 0.00820. The van der Waals surface area contributed by atoms with Gasteiger partial charge in [-0.2, -0.15) is 0 Å². The zero-order valence-corrected chi connectivity index (χ0v) is 15.7. The van der Waals surface area contributed by atoms with E-state index in [2.05, 4.69) is 4.98 Å². The number of carbonyl (C=O) groups excluding carboxylic acids is 2. The van der Waals surface area contributed by atoms with Crippen molar-refractivity contribution in [1.82, 2.24) is 14.8 Å². The van der Waals surface area contributed by atoms with Gasteiger partial charge in [-0.15, -0.1) is 0 Å². The van der Waals surface area contributed by atoms with Crippen LogP contribution in [-0.4, -0.2) is 71.7 Å². The van der Waals surface area contributed by atoms with E-state index in [0.717, 1.165) is 5.69 Å². The molecule has 1 spiro atoms. The topological polar surface area (TPSA) is 72.0 Å². The van der Waals surface area contributed by atoms with Gasteiger partial charge in [-0.1, -0.05) is 18.2 Å². The van der Waals surface area contributed by atoms with Gasteiger partial charge in [0.05, 0.1) is 43.3 Å². The van der Waals surface area contributed by atoms with E-state index < -0.39 is 17.4 Å². The fourth-order valence-electron chi connectivity index (χ4n) is 4.44. The molecule has 0 radical (unpaired) electrons. The molecule has 2 saturated heterocycles. The second kappa shape index (κ2) is 7.05. The molecule has 0 aromatic carbocycles. The number of ether oxygens (including phenoxy) is 2. The van der Waals surface area contributed by atoms with Crippen LogP contribution in [0.25, 0.3) is 0 Å². The maximum atomic E-state index is 13.2. The SMILES string of the molecule is CCOCCN1C[C@@]23C=C[C@@H](O2)C(C(=O)N(C)Cc2ccccn2)C3C1=O. The summed E-state index contributed by atoms with van der Waals surface area (Å²) < 4.78 is 11.5. The predicted molar refractivity (Wildman–Crippen MR) is 97.5 cm³/mol. The third-order valence-corrected chi connectivity index (χ3v) is 5.68. The summed E-state index contributed by atoms with van der Waals surface area (Å²) in [7, 11) is 1.76. The fourth-order valence-corrected chi connectivity index (χ4v) is 4.44. The summed E-state index contributed by atoms with van der Waals surface area (Å²) in [5, 5.41) is 0. The average molecular weight is 371 g/mol. The largest absolute Gasteiger partial charge is 0.380 e. The van der Waals surface area contributed by atoms with Crippen molar-refractivity contribution in [3.63, 3.8) is 0 Å². The zero-order valence-electron chi connectivity index (χ0n) is 15.7. The lowest BCUT2D eigenvalue weighted by molar-refractivity contribution is -0.143. The molecule has 2 unspecified atom stereocenters. The highest BCUT2D eigenvalue weighted by Gasteiger charge is 2.66. The molecular formula is C20H25N3O4. The highest BCUT2D eigenvalue weighted by Crippen LogP contribution is 2.52. The van der Waals surface area contributed by atoms with Crippen molar-refractivity contribution >= 4 is 11.8 Å². The number of rotatable bonds is 7. The summed E-state index contributed by atoms with van der Waals surface area (Å²) in [6, 6.07) is 5.63. The standard InChI is InChI=1S/C20H25N3O4/c1-3-26-11-10-23-13-20-8-7-15(27-20)16(17(20)19(23)25)18(24)22(2)12-14-6-4-5-9-21-14/h4-9,15-17H,3,10-13H2,1-2H3/t15-,16?,17?,20-/m1/s1. The maximum Gasteiger partial charge on any atom is 0.230 e. The molecule has 7 nitrogen and oxygen atoms in total. The van der Waals surface area contributed by atoms with Crippen molar-refractivity contribution < 1.29 is 19.1 Å². The first-order valence-electron chi connectivity index (χ1n) is 9.44. The van der Waals surface area contributed by atoms with E-state index in [4.69, 9.17) is 9.47 Å². The number of nitrogens with zero attached hydrogens (tertiary/aromatic N) is 3. The summed E-state index contributed by atoms with van der Waals surface area (Å²) in [6.45, 7) is 4.47. The van der Waals surface area contributed by atoms with Gasteiger partial charge in [-0.3, -0.25) is 14.6 Å². The Morgan fingerprint density at radius 3 is 3.07 bits per heavy atom. The smallest absolute Gasteiger partial charge is 0.230 e. The van der Waals surface area contributed by atoms with E-state index in [1.807, 2.05) is 37.3 Å². The van der Waals surface area contributed by atoms with Crippen LogP contribution in [-0.2, 0) is 25.6 Å². The predicted octanol–water partition coefficient (Wildman–Crippen LogP) is 0.858. The lowest BCUT2D eigenvalue weighted by Gasteiger charge is -2.27. The van der Waals surface area contributed by atoms with Crippen molar-refractivity contribution in [1.29, 1.82) is 0 Å². The van der Waals surface area contributed by atoms with Crippen LogP contribution in [0.5, 0.6) is 0 Å². The van der Waals surface area contributed by atoms with E-state index in [0.29, 0.717) is 32.8 Å². The summed E-state index contributed by atoms with van der Waals surface area (Å²) in [4.78, 5) is 33.9. The van der Waals surface area contributed by atoms with Crippen LogP contribution in [0.1, 0.15) is 12.6 Å². The number of aromatic nitrogens is 1. The molecule has 1 aromatic rings. The minimum Gasteiger partial charge on any atom is -0.380 e. The van der Waals surface area contributed by atoms with E-state index in [9.17, 15) is 9.59 Å². The van der Waals surface area contributed by atoms with Gasteiger partial charge in [0.2, 0.25) is 11.8 Å². The van der Waals surface area contributed by atoms with Crippen LogP contribution in [0, 0.1) is 11.8 Å². The van der Waals surface area contributed by atoms with Crippen LogP contribution in [0.2, 0.25) is 0 Å². The van der Waals surface area contributed by atoms with Gasteiger partial charge in [-0.05, 0) is 19.1 Å². The summed E-state index contributed by atoms with van der Waals surface area (Å²) in [5.74, 6) is -1.01. The van der Waals surface area contributed by atoms with Gasteiger partial charge in [0.1, 0.15) is 5.60 Å². The molecule has 4 atom stereocenters. The molecule has 0 saturated carbocycles. The van der Waals surface area contributed by atoms with Gasteiger partial charge in [-0.25, -0.2) is 0 Å². The molecule has 1 aromatic heterocycles. The number of amides is 2. The third kappa shape index (κ3) is 3.04. The maximum absolute atomic E-state index is 13.2. The Kier molecular flexibility index (Phi) is 4.74. The normalized spacial score (nSPS) is 30.8. The molecule has 3 aliphatic heterocycles. The number of pyridine rings is 1. The number of carbonyl (C=O) groups is 2. The van der Waals surface area contributed by atoms with Gasteiger partial charge in [0, 0.05) is 26.4 Å². The van der Waals surface area contributed by atoms with Crippen LogP contribution >= 0.6 is 0 Å². The lowest BCUT2D eigenvalue weighted by atomic mass is 9.76. The van der Waals surface area contributed by atoms with Crippen molar-refractivity contribution in [2.75, 3.05) is 33.4 Å². The van der Waals surface area contributed by atoms with Crippen LogP contribution in [0.4, 0.5) is 0 Å². The Labute approximate surface area is 158 Å². The van der Waals surface area contributed by atoms with E-state index in [-0.39, 0.29) is 17.9 Å². The van der Waals surface area contributed by atoms with Crippen molar-refractivity contribution in [2.45, 2.75) is 25.2 Å². The molecule has 4 heterocycles. The number of hydrogen-bond acceptors (Lipinski definition) is 5. The van der Waals surface area contributed by atoms with Crippen molar-refractivity contribution in [3.05, 3.63) is 42.2 Å². The first kappa shape index (κ1) is 18.1. The Morgan fingerprint density at radius 1 is 1.48 bits per heavy atom. The van der Waals surface area contributed by atoms with E-state index in [1.165, 1.54) is 0 Å². The van der Waals surface area contributed by atoms with Gasteiger partial charge in [0.25, 0.3) is 0 Å². The summed E-state index contributed by atoms with van der Waals surface area (Å²) >= 11 is 0. The highest BCUT2D eigenvalue weighted by molar-refractivity contribution is 5.93. The Morgan fingerprint density at radius 2 is 2.33 bits per heavy atom. The second-order valence-electron chi connectivity index (χ2n) is 7.37. The zero-order chi connectivity index (χ0) is 19.0. The minimum atomic E-state index is -0.667. The Hall–Kier alpha value is -2.25. The average Bonchev–Trinajstić information content (AvgIpc) is 3.31. The van der Waals surface area contributed by atoms with E-state index >= 15 is 0 Å². The lowest BCUT2D eigenvalue weighted by Crippen LogP contribution is -2.44. The molecule has 0 N–H and O–H groups in total. The van der Waals surface area contributed by atoms with E-state index in [1.54, 1.807) is 23.0 Å². The van der Waals surface area contributed by atoms with Crippen LogP contribution in [0.3, 0.4) is 0 Å². The molecule has 0 aliphatic carbocycles. The Bertz CT molecular complexity index is 753. The molecule has 2 amide bonds. The summed E-state index contributed by atoms with van der Waals surface area (Å²) in [5.41, 5.74) is 0.152.